The van der Waals surface area contributed by atoms with Crippen LogP contribution in [-0.2, 0) is 23.3 Å². The number of carboxylic acids is 1. The van der Waals surface area contributed by atoms with E-state index >= 15 is 0 Å². The lowest BCUT2D eigenvalue weighted by atomic mass is 9.94. The lowest BCUT2D eigenvalue weighted by molar-refractivity contribution is -0.138. The molecule has 0 spiro atoms. The Kier molecular flexibility index (Phi) is 7.15. The van der Waals surface area contributed by atoms with Gasteiger partial charge < -0.3 is 20.7 Å². The molecule has 1 aliphatic carbocycles. The van der Waals surface area contributed by atoms with Crippen LogP contribution in [0.25, 0.3) is 0 Å². The Morgan fingerprint density at radius 3 is 2.26 bits per heavy atom. The van der Waals surface area contributed by atoms with Crippen LogP contribution < -0.4 is 10.5 Å². The molecule has 0 aromatic heterocycles. The van der Waals surface area contributed by atoms with Gasteiger partial charge in [-0.05, 0) is 31.0 Å². The molecule has 184 valence electrons. The summed E-state index contributed by atoms with van der Waals surface area (Å²) in [4.78, 5) is 13.4. The van der Waals surface area contributed by atoms with Crippen LogP contribution in [0.3, 0.4) is 0 Å². The molecule has 4 rings (SSSR count). The van der Waals surface area contributed by atoms with Gasteiger partial charge in [0.2, 0.25) is 0 Å². The monoisotopic (exact) mass is 474 g/mol. The number of rotatable bonds is 11. The Hall–Kier alpha value is -3.35. The first-order chi connectivity index (χ1) is 16.7. The van der Waals surface area contributed by atoms with Crippen LogP contribution in [0.5, 0.6) is 11.5 Å². The van der Waals surface area contributed by atoms with Gasteiger partial charge in [0.15, 0.2) is 0 Å². The van der Waals surface area contributed by atoms with Crippen LogP contribution in [0.2, 0.25) is 0 Å². The zero-order valence-electron chi connectivity index (χ0n) is 20.4. The van der Waals surface area contributed by atoms with E-state index in [1.165, 1.54) is 5.56 Å². The van der Waals surface area contributed by atoms with Gasteiger partial charge in [0, 0.05) is 42.6 Å². The van der Waals surface area contributed by atoms with Gasteiger partial charge in [-0.2, -0.15) is 0 Å². The van der Waals surface area contributed by atoms with Crippen molar-refractivity contribution in [2.75, 3.05) is 6.54 Å². The van der Waals surface area contributed by atoms with Crippen LogP contribution in [0.1, 0.15) is 43.4 Å². The maximum absolute atomic E-state index is 11.3. The van der Waals surface area contributed by atoms with E-state index < -0.39 is 12.0 Å². The number of nitrogens with two attached hydrogens (primary N) is 1. The summed E-state index contributed by atoms with van der Waals surface area (Å²) in [5, 5.41) is 19.5. The average molecular weight is 475 g/mol. The summed E-state index contributed by atoms with van der Waals surface area (Å²) in [5.41, 5.74) is 8.46. The smallest absolute Gasteiger partial charge is 0.320 e. The van der Waals surface area contributed by atoms with Gasteiger partial charge in [-0.25, -0.2) is 0 Å². The van der Waals surface area contributed by atoms with Crippen LogP contribution in [-0.4, -0.2) is 39.3 Å². The zero-order chi connectivity index (χ0) is 25.1. The third-order valence-electron chi connectivity index (χ3n) is 7.30. The molecule has 6 nitrogen and oxygen atoms in total. The third kappa shape index (κ3) is 5.50. The van der Waals surface area contributed by atoms with Crippen LogP contribution in [0.15, 0.2) is 78.9 Å². The first-order valence-corrected chi connectivity index (χ1v) is 12.0. The number of carboxylic acid groups (broad SMARTS) is 1. The molecule has 6 heteroatoms. The molecule has 4 N–H and O–H groups in total. The van der Waals surface area contributed by atoms with Gasteiger partial charge in [-0.1, -0.05) is 73.7 Å². The van der Waals surface area contributed by atoms with Crippen molar-refractivity contribution in [2.24, 2.45) is 5.73 Å². The SMILES string of the molecule is CC1(Oc2ccccc2CN(CCC(N)C(=O)O)Cc2ccccc2O)CC1(C)c1ccccc1. The maximum atomic E-state index is 11.3. The van der Waals surface area contributed by atoms with Gasteiger partial charge in [-0.3, -0.25) is 9.69 Å². The quantitative estimate of drug-likeness (QED) is 0.373. The first-order valence-electron chi connectivity index (χ1n) is 12.0. The molecule has 1 aliphatic rings. The highest BCUT2D eigenvalue weighted by Crippen LogP contribution is 2.59. The predicted molar refractivity (Wildman–Crippen MR) is 136 cm³/mol. The fourth-order valence-corrected chi connectivity index (χ4v) is 4.75. The standard InChI is InChI=1S/C29H34N2O4/c1-28(23-12-4-3-5-13-23)20-29(28,2)35-26-15-9-7-11-22(26)19-31(17-16-24(30)27(33)34)18-21-10-6-8-14-25(21)32/h3-15,24,32H,16-20,30H2,1-2H3,(H,33,34). The van der Waals surface area contributed by atoms with Crippen molar-refractivity contribution in [1.29, 1.82) is 0 Å². The Morgan fingerprint density at radius 2 is 1.57 bits per heavy atom. The van der Waals surface area contributed by atoms with Crippen molar-refractivity contribution in [3.05, 3.63) is 95.6 Å². The van der Waals surface area contributed by atoms with Crippen molar-refractivity contribution in [2.45, 2.75) is 56.8 Å². The molecular formula is C29H34N2O4. The number of carbonyl (C=O) groups is 1. The number of aromatic hydroxyl groups is 1. The molecule has 3 atom stereocenters. The number of hydrogen-bond donors (Lipinski definition) is 3. The van der Waals surface area contributed by atoms with E-state index in [4.69, 9.17) is 10.5 Å². The number of phenols is 1. The molecule has 0 saturated heterocycles. The second kappa shape index (κ2) is 10.1. The molecule has 3 unspecified atom stereocenters. The Morgan fingerprint density at radius 1 is 0.971 bits per heavy atom. The summed E-state index contributed by atoms with van der Waals surface area (Å²) < 4.78 is 6.66. The third-order valence-corrected chi connectivity index (χ3v) is 7.30. The summed E-state index contributed by atoms with van der Waals surface area (Å²) >= 11 is 0. The molecule has 0 heterocycles. The van der Waals surface area contributed by atoms with E-state index in [1.807, 2.05) is 42.5 Å². The van der Waals surface area contributed by atoms with Gasteiger partial charge in [0.1, 0.15) is 23.1 Å². The first kappa shape index (κ1) is 24.8. The molecule has 3 aromatic rings. The summed E-state index contributed by atoms with van der Waals surface area (Å²) in [7, 11) is 0. The van der Waals surface area contributed by atoms with Crippen molar-refractivity contribution < 1.29 is 19.7 Å². The zero-order valence-corrected chi connectivity index (χ0v) is 20.4. The highest BCUT2D eigenvalue weighted by molar-refractivity contribution is 5.73. The Balaban J connectivity index is 1.54. The lowest BCUT2D eigenvalue weighted by Crippen LogP contribution is -2.35. The second-order valence-electron chi connectivity index (χ2n) is 9.89. The topological polar surface area (TPSA) is 96.0 Å². The molecular weight excluding hydrogens is 440 g/mol. The van der Waals surface area contributed by atoms with Crippen molar-refractivity contribution in [1.82, 2.24) is 4.90 Å². The summed E-state index contributed by atoms with van der Waals surface area (Å²) in [6.07, 6.45) is 1.23. The normalized spacial score (nSPS) is 22.1. The number of aliphatic carboxylic acids is 1. The summed E-state index contributed by atoms with van der Waals surface area (Å²) in [5.74, 6) is 0.0197. The van der Waals surface area contributed by atoms with Gasteiger partial charge in [0.05, 0.1) is 0 Å². The number of nitrogens with zero attached hydrogens (tertiary/aromatic N) is 1. The van der Waals surface area contributed by atoms with Crippen molar-refractivity contribution in [3.8, 4) is 11.5 Å². The molecule has 0 aliphatic heterocycles. The number of hydrogen-bond acceptors (Lipinski definition) is 5. The highest BCUT2D eigenvalue weighted by atomic mass is 16.5. The summed E-state index contributed by atoms with van der Waals surface area (Å²) in [6, 6.07) is 24.7. The van der Waals surface area contributed by atoms with Crippen LogP contribution >= 0.6 is 0 Å². The van der Waals surface area contributed by atoms with Crippen LogP contribution in [0.4, 0.5) is 0 Å². The van der Waals surface area contributed by atoms with E-state index in [-0.39, 0.29) is 16.8 Å². The lowest BCUT2D eigenvalue weighted by Gasteiger charge is -2.27. The molecule has 3 aromatic carbocycles. The Labute approximate surface area is 207 Å². The maximum Gasteiger partial charge on any atom is 0.320 e. The van der Waals surface area contributed by atoms with Gasteiger partial charge in [0.25, 0.3) is 0 Å². The van der Waals surface area contributed by atoms with Crippen molar-refractivity contribution >= 4 is 5.97 Å². The van der Waals surface area contributed by atoms with Gasteiger partial charge >= 0.3 is 5.97 Å². The minimum atomic E-state index is -1.02. The van der Waals surface area contributed by atoms with Crippen molar-refractivity contribution in [3.63, 3.8) is 0 Å². The summed E-state index contributed by atoms with van der Waals surface area (Å²) in [6.45, 7) is 5.86. The molecule has 0 amide bonds. The minimum absolute atomic E-state index is 0.0643. The molecule has 1 saturated carbocycles. The predicted octanol–water partition coefficient (Wildman–Crippen LogP) is 4.70. The van der Waals surface area contributed by atoms with Crippen LogP contribution in [0, 0.1) is 0 Å². The Bertz CT molecular complexity index is 1170. The average Bonchev–Trinajstić information content (AvgIpc) is 3.41. The largest absolute Gasteiger partial charge is 0.508 e. The molecule has 0 bridgehead atoms. The molecule has 1 fully saturated rings. The number of benzene rings is 3. The molecule has 0 radical (unpaired) electrons. The number of ether oxygens (including phenoxy) is 1. The minimum Gasteiger partial charge on any atom is -0.508 e. The fraction of sp³-hybridized carbons (Fsp3) is 0.345. The second-order valence-corrected chi connectivity index (χ2v) is 9.89. The van der Waals surface area contributed by atoms with E-state index in [1.54, 1.807) is 12.1 Å². The van der Waals surface area contributed by atoms with E-state index in [0.717, 1.165) is 23.3 Å². The van der Waals surface area contributed by atoms with E-state index in [2.05, 4.69) is 43.0 Å². The van der Waals surface area contributed by atoms with E-state index in [9.17, 15) is 15.0 Å². The number of phenolic OH excluding ortho intramolecular Hbond substituents is 1. The molecule has 35 heavy (non-hydrogen) atoms. The van der Waals surface area contributed by atoms with E-state index in [0.29, 0.717) is 26.1 Å². The highest BCUT2D eigenvalue weighted by Gasteiger charge is 2.64. The van der Waals surface area contributed by atoms with Gasteiger partial charge in [-0.15, -0.1) is 0 Å². The fourth-order valence-electron chi connectivity index (χ4n) is 4.75. The number of para-hydroxylation sites is 2.